The van der Waals surface area contributed by atoms with Gasteiger partial charge < -0.3 is 5.11 Å². The van der Waals surface area contributed by atoms with Crippen molar-refractivity contribution in [3.05, 3.63) is 10.4 Å². The second-order valence-corrected chi connectivity index (χ2v) is 2.84. The number of carboxylic acid groups (broad SMARTS) is 1. The Morgan fingerprint density at radius 3 is 2.67 bits per heavy atom. The molecular formula is C6H12N4O2. The lowest BCUT2D eigenvalue weighted by Crippen LogP contribution is -2.33. The first-order valence-corrected chi connectivity index (χ1v) is 3.60. The highest BCUT2D eigenvalue weighted by molar-refractivity contribution is 5.73. The molecule has 0 amide bonds. The molecule has 0 heterocycles. The van der Waals surface area contributed by atoms with Gasteiger partial charge in [-0.2, -0.15) is 4.91 Å². The summed E-state index contributed by atoms with van der Waals surface area (Å²) in [5.41, 5.74) is 10.1. The average Bonchev–Trinajstić information content (AvgIpc) is 1.96. The minimum Gasteiger partial charge on any atom is -0.478 e. The molecule has 0 fully saturated rings. The average molecular weight is 172 g/mol. The zero-order valence-electron chi connectivity index (χ0n) is 7.06. The zero-order valence-corrected chi connectivity index (χ0v) is 7.06. The van der Waals surface area contributed by atoms with Crippen LogP contribution in [0.3, 0.4) is 0 Å². The number of hydrogen-bond acceptors (Lipinski definition) is 2. The lowest BCUT2D eigenvalue weighted by molar-refractivity contribution is -0.139. The van der Waals surface area contributed by atoms with Gasteiger partial charge in [0, 0.05) is 6.42 Å². The Labute approximate surface area is 70.2 Å². The molecular weight excluding hydrogens is 160 g/mol. The molecule has 0 aliphatic carbocycles. The smallest absolute Gasteiger partial charge is 0.349 e. The van der Waals surface area contributed by atoms with E-state index in [1.54, 1.807) is 0 Å². The second-order valence-electron chi connectivity index (χ2n) is 2.84. The highest BCUT2D eigenvalue weighted by Gasteiger charge is 2.20. The van der Waals surface area contributed by atoms with Crippen LogP contribution in [0.4, 0.5) is 0 Å². The van der Waals surface area contributed by atoms with Crippen LogP contribution in [-0.4, -0.2) is 17.1 Å². The zero-order chi connectivity index (χ0) is 9.56. The van der Waals surface area contributed by atoms with E-state index < -0.39 is 12.0 Å². The molecule has 1 atom stereocenters. The third-order valence-corrected chi connectivity index (χ3v) is 1.26. The Morgan fingerprint density at radius 1 is 1.75 bits per heavy atom. The summed E-state index contributed by atoms with van der Waals surface area (Å²) in [5, 5.41) is 11.6. The fourth-order valence-electron chi connectivity index (χ4n) is 0.776. The van der Waals surface area contributed by atoms with E-state index in [1.807, 2.05) is 13.8 Å². The first-order valence-electron chi connectivity index (χ1n) is 3.60. The van der Waals surface area contributed by atoms with Gasteiger partial charge in [-0.05, 0) is 11.1 Å². The number of nitrogens with zero attached hydrogens (tertiary/aromatic N) is 3. The molecule has 0 saturated heterocycles. The van der Waals surface area contributed by atoms with Crippen LogP contribution >= 0.6 is 0 Å². The molecule has 0 aromatic heterocycles. The fraction of sp³-hybridized carbons (Fsp3) is 0.833. The van der Waals surface area contributed by atoms with Crippen LogP contribution in [0.1, 0.15) is 20.3 Å². The largest absolute Gasteiger partial charge is 0.478 e. The third kappa shape index (κ3) is 4.40. The standard InChI is InChI=1S/C6H12N4O2/c1-4(2)3-5(6(11)12)8-10-9-7/h4-5,8H,3H2,1-2H3,(H,11,12)/t5-/m1/s1. The van der Waals surface area contributed by atoms with Crippen LogP contribution in [0, 0.1) is 5.92 Å². The molecule has 0 spiro atoms. The molecule has 0 aromatic rings. The number of carbonyl (C=O) groups is 1. The summed E-state index contributed by atoms with van der Waals surface area (Å²) in [4.78, 5) is 12.9. The van der Waals surface area contributed by atoms with E-state index in [9.17, 15) is 4.79 Å². The lowest BCUT2D eigenvalue weighted by Gasteiger charge is -2.09. The van der Waals surface area contributed by atoms with Crippen molar-refractivity contribution >= 4 is 5.97 Å². The van der Waals surface area contributed by atoms with E-state index in [-0.39, 0.29) is 5.92 Å². The summed E-state index contributed by atoms with van der Waals surface area (Å²) in [7, 11) is 0. The number of rotatable bonds is 5. The minimum atomic E-state index is -1.00. The van der Waals surface area contributed by atoms with Gasteiger partial charge in [0.05, 0.1) is 0 Å². The summed E-state index contributed by atoms with van der Waals surface area (Å²) >= 11 is 0. The van der Waals surface area contributed by atoms with Gasteiger partial charge in [-0.1, -0.05) is 13.8 Å². The predicted molar refractivity (Wildman–Crippen MR) is 43.2 cm³/mol. The molecule has 0 aliphatic heterocycles. The highest BCUT2D eigenvalue weighted by Crippen LogP contribution is 2.04. The maximum atomic E-state index is 10.5. The molecule has 6 nitrogen and oxygen atoms in total. The Hall–Kier alpha value is -1.42. The number of aliphatic carboxylic acids is 1. The lowest BCUT2D eigenvalue weighted by atomic mass is 10.0. The maximum absolute atomic E-state index is 10.5. The van der Waals surface area contributed by atoms with Gasteiger partial charge >= 0.3 is 5.97 Å². The van der Waals surface area contributed by atoms with Crippen molar-refractivity contribution in [1.29, 1.82) is 0 Å². The van der Waals surface area contributed by atoms with Crippen LogP contribution in [-0.2, 0) is 4.79 Å². The molecule has 0 rings (SSSR count). The normalized spacial score (nSPS) is 11.9. The van der Waals surface area contributed by atoms with Crippen molar-refractivity contribution in [3.8, 4) is 0 Å². The molecule has 0 aromatic carbocycles. The number of hydrogen-bond donors (Lipinski definition) is 2. The van der Waals surface area contributed by atoms with E-state index in [2.05, 4.69) is 15.6 Å². The summed E-state index contributed by atoms with van der Waals surface area (Å²) in [6.45, 7) is 3.79. The Kier molecular flexibility index (Phi) is 4.64. The van der Waals surface area contributed by atoms with E-state index in [4.69, 9.17) is 10.6 Å². The van der Waals surface area contributed by atoms with Gasteiger partial charge in [-0.25, -0.2) is 10.2 Å². The summed E-state index contributed by atoms with van der Waals surface area (Å²) in [6.07, 6.45) is 0.439. The van der Waals surface area contributed by atoms with E-state index in [0.29, 0.717) is 6.42 Å². The third-order valence-electron chi connectivity index (χ3n) is 1.26. The van der Waals surface area contributed by atoms with Gasteiger partial charge in [0.25, 0.3) is 0 Å². The SMILES string of the molecule is CC(C)C[C@@H](NN=[N+]=[N-])C(=O)O. The summed E-state index contributed by atoms with van der Waals surface area (Å²) < 4.78 is 0. The number of carboxylic acids is 1. The Morgan fingerprint density at radius 2 is 2.33 bits per heavy atom. The van der Waals surface area contributed by atoms with Crippen molar-refractivity contribution in [2.45, 2.75) is 26.3 Å². The molecule has 6 heteroatoms. The number of azide groups is 1. The molecule has 68 valence electrons. The van der Waals surface area contributed by atoms with Gasteiger partial charge in [0.1, 0.15) is 0 Å². The second kappa shape index (κ2) is 5.26. The first kappa shape index (κ1) is 10.6. The molecule has 0 bridgehead atoms. The maximum Gasteiger partial charge on any atom is 0.349 e. The van der Waals surface area contributed by atoms with E-state index in [0.717, 1.165) is 0 Å². The topological polar surface area (TPSA) is 98.1 Å². The van der Waals surface area contributed by atoms with Crippen LogP contribution in [0.2, 0.25) is 0 Å². The molecule has 0 radical (unpaired) electrons. The van der Waals surface area contributed by atoms with Crippen molar-refractivity contribution in [2.24, 2.45) is 11.1 Å². The van der Waals surface area contributed by atoms with Crippen LogP contribution in [0.15, 0.2) is 5.22 Å². The van der Waals surface area contributed by atoms with Crippen LogP contribution < -0.4 is 5.43 Å². The molecule has 12 heavy (non-hydrogen) atoms. The molecule has 0 saturated carbocycles. The van der Waals surface area contributed by atoms with Crippen molar-refractivity contribution in [1.82, 2.24) is 5.43 Å². The predicted octanol–water partition coefficient (Wildman–Crippen LogP) is 1.30. The fourth-order valence-corrected chi connectivity index (χ4v) is 0.776. The van der Waals surface area contributed by atoms with Gasteiger partial charge in [-0.3, -0.25) is 0 Å². The van der Waals surface area contributed by atoms with Crippen LogP contribution in [0.5, 0.6) is 0 Å². The van der Waals surface area contributed by atoms with E-state index >= 15 is 0 Å². The van der Waals surface area contributed by atoms with E-state index in [1.165, 1.54) is 0 Å². The van der Waals surface area contributed by atoms with Crippen LogP contribution in [0.25, 0.3) is 10.4 Å². The van der Waals surface area contributed by atoms with Crippen molar-refractivity contribution < 1.29 is 9.90 Å². The monoisotopic (exact) mass is 172 g/mol. The molecule has 0 aliphatic rings. The summed E-state index contributed by atoms with van der Waals surface area (Å²) in [6, 6.07) is -0.791. The molecule has 2 N–H and O–H groups in total. The quantitative estimate of drug-likeness (QED) is 0.283. The van der Waals surface area contributed by atoms with Gasteiger partial charge in [0.2, 0.25) is 0 Å². The van der Waals surface area contributed by atoms with Crippen molar-refractivity contribution in [3.63, 3.8) is 0 Å². The molecule has 0 unspecified atom stereocenters. The first-order chi connectivity index (χ1) is 5.57. The van der Waals surface area contributed by atoms with Gasteiger partial charge in [0.15, 0.2) is 6.04 Å². The van der Waals surface area contributed by atoms with Gasteiger partial charge in [-0.15, -0.1) is 5.53 Å². The van der Waals surface area contributed by atoms with Crippen molar-refractivity contribution in [2.75, 3.05) is 0 Å². The number of nitrogens with one attached hydrogen (secondary N) is 1. The highest BCUT2D eigenvalue weighted by atomic mass is 16.4. The Bertz CT molecular complexity index is 198. The summed E-state index contributed by atoms with van der Waals surface area (Å²) in [5.74, 6) is -0.761. The Balaban J connectivity index is 4.04. The minimum absolute atomic E-state index is 0.243.